The average Bonchev–Trinajstić information content (AvgIpc) is 2.72. The van der Waals surface area contributed by atoms with Crippen LogP contribution in [0.25, 0.3) is 0 Å². The van der Waals surface area contributed by atoms with Crippen LogP contribution in [-0.2, 0) is 0 Å². The highest BCUT2D eigenvalue weighted by Crippen LogP contribution is 2.36. The highest BCUT2D eigenvalue weighted by atomic mass is 16.3. The van der Waals surface area contributed by atoms with Gasteiger partial charge in [0.15, 0.2) is 0 Å². The number of rotatable bonds is 3. The fourth-order valence-electron chi connectivity index (χ4n) is 2.96. The van der Waals surface area contributed by atoms with Crippen molar-refractivity contribution in [1.29, 1.82) is 0 Å². The molecule has 3 aromatic carbocycles. The Morgan fingerprint density at radius 1 is 0.536 bits per heavy atom. The van der Waals surface area contributed by atoms with E-state index in [-0.39, 0.29) is 23.2 Å². The molecular formula is C25H32O3. The maximum Gasteiger partial charge on any atom is 0.118 e. The van der Waals surface area contributed by atoms with Crippen molar-refractivity contribution in [3.8, 4) is 17.2 Å². The van der Waals surface area contributed by atoms with E-state index in [2.05, 4.69) is 0 Å². The minimum Gasteiger partial charge on any atom is -0.508 e. The van der Waals surface area contributed by atoms with Gasteiger partial charge in [0.05, 0.1) is 0 Å². The van der Waals surface area contributed by atoms with Gasteiger partial charge in [-0.2, -0.15) is 0 Å². The summed E-state index contributed by atoms with van der Waals surface area (Å²) in [6.07, 6.45) is 0. The molecule has 3 nitrogen and oxygen atoms in total. The predicted octanol–water partition coefficient (Wildman–Crippen LogP) is 6.65. The SMILES string of the molecule is CC.CC.Cc1cc(C(c2ccc(O)cc2)c2ccc(O)c(C)c2)ccc1O. The molecule has 0 aliphatic rings. The van der Waals surface area contributed by atoms with Crippen LogP contribution < -0.4 is 0 Å². The summed E-state index contributed by atoms with van der Waals surface area (Å²) in [5.74, 6) is 0.709. The van der Waals surface area contributed by atoms with E-state index in [4.69, 9.17) is 0 Å². The van der Waals surface area contributed by atoms with Crippen molar-refractivity contribution in [1.82, 2.24) is 0 Å². The highest BCUT2D eigenvalue weighted by molar-refractivity contribution is 5.49. The number of aromatic hydroxyl groups is 3. The lowest BCUT2D eigenvalue weighted by molar-refractivity contribution is 0.470. The van der Waals surface area contributed by atoms with Crippen LogP contribution in [0.3, 0.4) is 0 Å². The van der Waals surface area contributed by atoms with E-state index in [0.717, 1.165) is 27.8 Å². The molecule has 0 spiro atoms. The van der Waals surface area contributed by atoms with Crippen LogP contribution in [-0.4, -0.2) is 15.3 Å². The molecule has 0 unspecified atom stereocenters. The van der Waals surface area contributed by atoms with Gasteiger partial charge in [0, 0.05) is 5.92 Å². The van der Waals surface area contributed by atoms with Gasteiger partial charge in [-0.1, -0.05) is 64.1 Å². The van der Waals surface area contributed by atoms with Crippen LogP contribution >= 0.6 is 0 Å². The molecule has 3 N–H and O–H groups in total. The number of phenols is 3. The van der Waals surface area contributed by atoms with Crippen LogP contribution in [0.4, 0.5) is 0 Å². The Morgan fingerprint density at radius 3 is 1.25 bits per heavy atom. The molecule has 0 aliphatic carbocycles. The van der Waals surface area contributed by atoms with Crippen LogP contribution in [0.15, 0.2) is 60.7 Å². The Morgan fingerprint density at radius 2 is 0.893 bits per heavy atom. The zero-order valence-electron chi connectivity index (χ0n) is 17.7. The number of hydrogen-bond donors (Lipinski definition) is 3. The van der Waals surface area contributed by atoms with Crippen molar-refractivity contribution in [2.24, 2.45) is 0 Å². The topological polar surface area (TPSA) is 60.7 Å². The molecule has 0 saturated carbocycles. The van der Waals surface area contributed by atoms with Crippen molar-refractivity contribution in [3.63, 3.8) is 0 Å². The number of aryl methyl sites for hydroxylation is 2. The van der Waals surface area contributed by atoms with Gasteiger partial charge >= 0.3 is 0 Å². The largest absolute Gasteiger partial charge is 0.508 e. The summed E-state index contributed by atoms with van der Waals surface area (Å²) in [5, 5.41) is 29.2. The minimum absolute atomic E-state index is 0.0517. The summed E-state index contributed by atoms with van der Waals surface area (Å²) in [7, 11) is 0. The quantitative estimate of drug-likeness (QED) is 0.446. The molecule has 0 amide bonds. The first-order valence-corrected chi connectivity index (χ1v) is 9.83. The molecule has 0 aliphatic heterocycles. The zero-order valence-corrected chi connectivity index (χ0v) is 17.7. The zero-order chi connectivity index (χ0) is 21.3. The van der Waals surface area contributed by atoms with Crippen molar-refractivity contribution in [3.05, 3.63) is 88.5 Å². The molecule has 0 radical (unpaired) electrons. The molecule has 0 heterocycles. The number of phenolic OH excluding ortho intramolecular Hbond substituents is 3. The summed E-state index contributed by atoms with van der Waals surface area (Å²) >= 11 is 0. The third-order valence-corrected chi connectivity index (χ3v) is 4.33. The monoisotopic (exact) mass is 380 g/mol. The Bertz CT molecular complexity index is 816. The fourth-order valence-corrected chi connectivity index (χ4v) is 2.96. The first kappa shape index (κ1) is 23.1. The van der Waals surface area contributed by atoms with Gasteiger partial charge in [0.25, 0.3) is 0 Å². The van der Waals surface area contributed by atoms with Gasteiger partial charge in [0.1, 0.15) is 17.2 Å². The molecule has 3 rings (SSSR count). The first-order valence-electron chi connectivity index (χ1n) is 9.83. The molecule has 28 heavy (non-hydrogen) atoms. The Kier molecular flexibility index (Phi) is 9.10. The van der Waals surface area contributed by atoms with E-state index in [1.165, 1.54) is 0 Å². The second-order valence-electron chi connectivity index (χ2n) is 6.12. The lowest BCUT2D eigenvalue weighted by atomic mass is 9.84. The Balaban J connectivity index is 0.000000921. The van der Waals surface area contributed by atoms with E-state index in [0.29, 0.717) is 0 Å². The van der Waals surface area contributed by atoms with Crippen LogP contribution in [0.2, 0.25) is 0 Å². The van der Waals surface area contributed by atoms with E-state index >= 15 is 0 Å². The van der Waals surface area contributed by atoms with Gasteiger partial charge in [-0.05, 0) is 65.9 Å². The molecule has 0 bridgehead atoms. The molecule has 150 valence electrons. The van der Waals surface area contributed by atoms with Crippen molar-refractivity contribution in [2.75, 3.05) is 0 Å². The number of benzene rings is 3. The van der Waals surface area contributed by atoms with Gasteiger partial charge in [-0.15, -0.1) is 0 Å². The van der Waals surface area contributed by atoms with Crippen molar-refractivity contribution in [2.45, 2.75) is 47.5 Å². The third kappa shape index (κ3) is 5.53. The fraction of sp³-hybridized carbons (Fsp3) is 0.280. The Hall–Kier alpha value is -2.94. The minimum atomic E-state index is -0.0517. The average molecular weight is 381 g/mol. The normalized spacial score (nSPS) is 9.82. The predicted molar refractivity (Wildman–Crippen MR) is 117 cm³/mol. The lowest BCUT2D eigenvalue weighted by Gasteiger charge is -2.20. The molecular weight excluding hydrogens is 348 g/mol. The second-order valence-corrected chi connectivity index (χ2v) is 6.12. The highest BCUT2D eigenvalue weighted by Gasteiger charge is 2.18. The van der Waals surface area contributed by atoms with Crippen LogP contribution in [0.1, 0.15) is 61.4 Å². The molecule has 3 heteroatoms. The van der Waals surface area contributed by atoms with Gasteiger partial charge in [0.2, 0.25) is 0 Å². The summed E-state index contributed by atoms with van der Waals surface area (Å²) in [6, 6.07) is 18.3. The lowest BCUT2D eigenvalue weighted by Crippen LogP contribution is -2.04. The second kappa shape index (κ2) is 11.0. The van der Waals surface area contributed by atoms with Crippen molar-refractivity contribution >= 4 is 0 Å². The van der Waals surface area contributed by atoms with Crippen LogP contribution in [0, 0.1) is 13.8 Å². The maximum absolute atomic E-state index is 9.82. The smallest absolute Gasteiger partial charge is 0.118 e. The van der Waals surface area contributed by atoms with Gasteiger partial charge in [-0.25, -0.2) is 0 Å². The maximum atomic E-state index is 9.82. The molecule has 0 saturated heterocycles. The third-order valence-electron chi connectivity index (χ3n) is 4.33. The summed E-state index contributed by atoms with van der Waals surface area (Å²) in [6.45, 7) is 11.7. The van der Waals surface area contributed by atoms with Gasteiger partial charge < -0.3 is 15.3 Å². The first-order chi connectivity index (χ1) is 13.5. The van der Waals surface area contributed by atoms with E-state index in [9.17, 15) is 15.3 Å². The Labute approximate surface area is 168 Å². The van der Waals surface area contributed by atoms with E-state index in [1.54, 1.807) is 24.3 Å². The van der Waals surface area contributed by atoms with Crippen LogP contribution in [0.5, 0.6) is 17.2 Å². The summed E-state index contributed by atoms with van der Waals surface area (Å²) < 4.78 is 0. The van der Waals surface area contributed by atoms with Crippen molar-refractivity contribution < 1.29 is 15.3 Å². The molecule has 0 fully saturated rings. The standard InChI is InChI=1S/C21H20O3.2C2H6/c1-13-11-16(5-9-19(13)23)21(15-3-7-18(22)8-4-15)17-6-10-20(24)14(2)12-17;2*1-2/h3-12,21-24H,1-2H3;2*1-2H3. The van der Waals surface area contributed by atoms with Gasteiger partial charge in [-0.3, -0.25) is 0 Å². The van der Waals surface area contributed by atoms with E-state index < -0.39 is 0 Å². The molecule has 0 atom stereocenters. The van der Waals surface area contributed by atoms with E-state index in [1.807, 2.05) is 77.9 Å². The number of hydrogen-bond acceptors (Lipinski definition) is 3. The molecule has 0 aromatic heterocycles. The summed E-state index contributed by atoms with van der Waals surface area (Å²) in [4.78, 5) is 0. The summed E-state index contributed by atoms with van der Waals surface area (Å²) in [5.41, 5.74) is 4.74. The molecule has 3 aromatic rings.